The highest BCUT2D eigenvalue weighted by Gasteiger charge is 2.30. The van der Waals surface area contributed by atoms with Gasteiger partial charge in [0.25, 0.3) is 0 Å². The first kappa shape index (κ1) is 19.3. The van der Waals surface area contributed by atoms with Crippen LogP contribution >= 0.6 is 23.2 Å². The number of nitrogens with one attached hydrogen (secondary N) is 1. The largest absolute Gasteiger partial charge is 0.478 e. The van der Waals surface area contributed by atoms with Gasteiger partial charge in [0.15, 0.2) is 0 Å². The van der Waals surface area contributed by atoms with E-state index in [9.17, 15) is 9.90 Å². The van der Waals surface area contributed by atoms with E-state index in [4.69, 9.17) is 23.2 Å². The third kappa shape index (κ3) is 3.64. The van der Waals surface area contributed by atoms with Gasteiger partial charge in [-0.1, -0.05) is 35.3 Å². The molecule has 0 radical (unpaired) electrons. The molecule has 1 aromatic heterocycles. The van der Waals surface area contributed by atoms with Gasteiger partial charge in [0.05, 0.1) is 16.1 Å². The Morgan fingerprint density at radius 1 is 1.21 bits per heavy atom. The molecule has 28 heavy (non-hydrogen) atoms. The number of likely N-dealkylation sites (N-methyl/N-ethyl adjacent to an activating group) is 1. The Morgan fingerprint density at radius 3 is 2.68 bits per heavy atom. The summed E-state index contributed by atoms with van der Waals surface area (Å²) < 4.78 is 0. The number of benzene rings is 2. The van der Waals surface area contributed by atoms with E-state index < -0.39 is 5.97 Å². The molecule has 0 saturated carbocycles. The number of likely N-dealkylation sites (tertiary alicyclic amines) is 1. The Hall–Kier alpha value is -2.01. The summed E-state index contributed by atoms with van der Waals surface area (Å²) in [6.07, 6.45) is 3.82. The number of aromatic carboxylic acids is 1. The van der Waals surface area contributed by atoms with Gasteiger partial charge in [0.2, 0.25) is 0 Å². The maximum Gasteiger partial charge on any atom is 0.335 e. The van der Waals surface area contributed by atoms with Gasteiger partial charge < -0.3 is 15.0 Å². The fourth-order valence-electron chi connectivity index (χ4n) is 4.35. The smallest absolute Gasteiger partial charge is 0.335 e. The highest BCUT2D eigenvalue weighted by atomic mass is 35.5. The van der Waals surface area contributed by atoms with Gasteiger partial charge in [0.1, 0.15) is 0 Å². The lowest BCUT2D eigenvalue weighted by Gasteiger charge is -2.37. The van der Waals surface area contributed by atoms with Crippen LogP contribution in [0.25, 0.3) is 10.9 Å². The number of hydrogen-bond acceptors (Lipinski definition) is 2. The van der Waals surface area contributed by atoms with Gasteiger partial charge in [-0.3, -0.25) is 0 Å². The number of piperidine rings is 1. The normalized spacial score (nSPS) is 20.5. The van der Waals surface area contributed by atoms with Crippen LogP contribution in [-0.2, 0) is 6.42 Å². The number of aromatic amines is 1. The molecular weight excluding hydrogens is 395 g/mol. The number of nitrogens with zero attached hydrogens (tertiary/aromatic N) is 1. The molecule has 2 N–H and O–H groups in total. The summed E-state index contributed by atoms with van der Waals surface area (Å²) in [6, 6.07) is 11.2. The van der Waals surface area contributed by atoms with Gasteiger partial charge in [-0.2, -0.15) is 0 Å². The maximum atomic E-state index is 11.2. The summed E-state index contributed by atoms with van der Waals surface area (Å²) in [4.78, 5) is 16.7. The number of carbonyl (C=O) groups is 1. The topological polar surface area (TPSA) is 56.3 Å². The first-order chi connectivity index (χ1) is 13.4. The van der Waals surface area contributed by atoms with Crippen molar-refractivity contribution in [2.45, 2.75) is 18.8 Å². The predicted molar refractivity (Wildman–Crippen MR) is 114 cm³/mol. The monoisotopic (exact) mass is 416 g/mol. The van der Waals surface area contributed by atoms with Crippen LogP contribution in [0.5, 0.6) is 0 Å². The lowest BCUT2D eigenvalue weighted by molar-refractivity contribution is 0.0697. The fourth-order valence-corrected chi connectivity index (χ4v) is 4.96. The van der Waals surface area contributed by atoms with Gasteiger partial charge in [-0.05, 0) is 73.7 Å². The Labute approximate surface area is 174 Å². The second-order valence-corrected chi connectivity index (χ2v) is 8.45. The maximum absolute atomic E-state index is 11.2. The van der Waals surface area contributed by atoms with E-state index in [1.54, 1.807) is 12.1 Å². The molecule has 0 aliphatic carbocycles. The summed E-state index contributed by atoms with van der Waals surface area (Å²) in [5.41, 5.74) is 3.55. The SMILES string of the molecule is CN1CCC(Cc2c(Cl)cc(Cl)c3[nH]ccc23)C(c2ccc(C(=O)O)cc2)C1. The van der Waals surface area contributed by atoms with Gasteiger partial charge in [0, 0.05) is 23.2 Å². The molecule has 4 rings (SSSR count). The van der Waals surface area contributed by atoms with Crippen molar-refractivity contribution in [3.63, 3.8) is 0 Å². The first-order valence-electron chi connectivity index (χ1n) is 9.40. The molecule has 2 atom stereocenters. The lowest BCUT2D eigenvalue weighted by Crippen LogP contribution is -2.37. The molecule has 3 aromatic rings. The molecule has 1 fully saturated rings. The van der Waals surface area contributed by atoms with E-state index in [1.165, 1.54) is 5.56 Å². The molecule has 6 heteroatoms. The number of hydrogen-bond donors (Lipinski definition) is 2. The molecule has 4 nitrogen and oxygen atoms in total. The minimum Gasteiger partial charge on any atom is -0.478 e. The zero-order valence-corrected chi connectivity index (χ0v) is 17.1. The number of carboxylic acids is 1. The number of rotatable bonds is 4. The molecular formula is C22H22Cl2N2O2. The summed E-state index contributed by atoms with van der Waals surface area (Å²) in [5, 5.41) is 11.6. The molecule has 1 aliphatic rings. The third-order valence-corrected chi connectivity index (χ3v) is 6.50. The summed E-state index contributed by atoms with van der Waals surface area (Å²) >= 11 is 12.9. The van der Waals surface area contributed by atoms with E-state index >= 15 is 0 Å². The van der Waals surface area contributed by atoms with Crippen LogP contribution in [-0.4, -0.2) is 41.1 Å². The van der Waals surface area contributed by atoms with Crippen molar-refractivity contribution in [1.29, 1.82) is 0 Å². The number of H-pyrrole nitrogens is 1. The van der Waals surface area contributed by atoms with Crippen molar-refractivity contribution in [3.05, 3.63) is 69.3 Å². The van der Waals surface area contributed by atoms with E-state index in [1.807, 2.05) is 30.5 Å². The highest BCUT2D eigenvalue weighted by molar-refractivity contribution is 6.39. The van der Waals surface area contributed by atoms with Crippen molar-refractivity contribution in [3.8, 4) is 0 Å². The molecule has 2 unspecified atom stereocenters. The van der Waals surface area contributed by atoms with Crippen LogP contribution in [0.15, 0.2) is 42.6 Å². The van der Waals surface area contributed by atoms with Gasteiger partial charge in [-0.15, -0.1) is 0 Å². The van der Waals surface area contributed by atoms with Crippen molar-refractivity contribution in [2.24, 2.45) is 5.92 Å². The number of fused-ring (bicyclic) bond motifs is 1. The summed E-state index contributed by atoms with van der Waals surface area (Å²) in [5.74, 6) is -0.155. The zero-order valence-electron chi connectivity index (χ0n) is 15.6. The first-order valence-corrected chi connectivity index (χ1v) is 10.2. The summed E-state index contributed by atoms with van der Waals surface area (Å²) in [6.45, 7) is 1.98. The van der Waals surface area contributed by atoms with E-state index in [2.05, 4.69) is 16.9 Å². The van der Waals surface area contributed by atoms with Crippen molar-refractivity contribution < 1.29 is 9.90 Å². The van der Waals surface area contributed by atoms with Crippen LogP contribution in [0.3, 0.4) is 0 Å². The zero-order chi connectivity index (χ0) is 19.8. The third-order valence-electron chi connectivity index (χ3n) is 5.86. The second-order valence-electron chi connectivity index (χ2n) is 7.63. The van der Waals surface area contributed by atoms with Crippen LogP contribution in [0, 0.1) is 5.92 Å². The number of carboxylic acid groups (broad SMARTS) is 1. The molecule has 0 amide bonds. The Bertz CT molecular complexity index is 1010. The van der Waals surface area contributed by atoms with Crippen molar-refractivity contribution in [1.82, 2.24) is 9.88 Å². The average Bonchev–Trinajstić information content (AvgIpc) is 3.16. The number of aromatic nitrogens is 1. The standard InChI is InChI=1S/C22H22Cl2N2O2/c1-26-9-7-15(18(12-26)13-2-4-14(5-3-13)22(27)28)10-17-16-6-8-25-21(16)20(24)11-19(17)23/h2-6,8,11,15,18,25H,7,9-10,12H2,1H3,(H,27,28). The van der Waals surface area contributed by atoms with Gasteiger partial charge in [-0.25, -0.2) is 4.79 Å². The minimum absolute atomic E-state index is 0.319. The second kappa shape index (κ2) is 7.78. The van der Waals surface area contributed by atoms with E-state index in [0.29, 0.717) is 27.4 Å². The average molecular weight is 417 g/mol. The number of halogens is 2. The molecule has 146 valence electrons. The van der Waals surface area contributed by atoms with Crippen molar-refractivity contribution in [2.75, 3.05) is 20.1 Å². The molecule has 0 bridgehead atoms. The van der Waals surface area contributed by atoms with E-state index in [0.717, 1.165) is 42.4 Å². The Kier molecular flexibility index (Phi) is 5.37. The Morgan fingerprint density at radius 2 is 1.96 bits per heavy atom. The van der Waals surface area contributed by atoms with E-state index in [-0.39, 0.29) is 0 Å². The molecule has 2 aromatic carbocycles. The Balaban J connectivity index is 1.67. The molecule has 1 aliphatic heterocycles. The lowest BCUT2D eigenvalue weighted by atomic mass is 9.77. The van der Waals surface area contributed by atoms with Crippen LogP contribution in [0.1, 0.15) is 33.8 Å². The van der Waals surface area contributed by atoms with Crippen LogP contribution < -0.4 is 0 Å². The highest BCUT2D eigenvalue weighted by Crippen LogP contribution is 2.39. The minimum atomic E-state index is -0.897. The quantitative estimate of drug-likeness (QED) is 0.594. The molecule has 2 heterocycles. The van der Waals surface area contributed by atoms with Gasteiger partial charge >= 0.3 is 5.97 Å². The van der Waals surface area contributed by atoms with Crippen molar-refractivity contribution >= 4 is 40.1 Å². The fraction of sp³-hybridized carbons (Fsp3) is 0.318. The predicted octanol–water partition coefficient (Wildman–Crippen LogP) is 5.45. The van der Waals surface area contributed by atoms with Crippen LogP contribution in [0.2, 0.25) is 10.0 Å². The molecule has 1 saturated heterocycles. The van der Waals surface area contributed by atoms with Crippen LogP contribution in [0.4, 0.5) is 0 Å². The summed E-state index contributed by atoms with van der Waals surface area (Å²) in [7, 11) is 2.13. The molecule has 0 spiro atoms.